The van der Waals surface area contributed by atoms with Gasteiger partial charge < -0.3 is 15.2 Å². The minimum Gasteiger partial charge on any atom is -0.365 e. The van der Waals surface area contributed by atoms with Crippen molar-refractivity contribution in [3.8, 4) is 11.3 Å². The highest BCUT2D eigenvalue weighted by Gasteiger charge is 2.31. The summed E-state index contributed by atoms with van der Waals surface area (Å²) in [6.07, 6.45) is 2.63. The third kappa shape index (κ3) is 3.34. The zero-order valence-electron chi connectivity index (χ0n) is 13.5. The first-order chi connectivity index (χ1) is 10.8. The zero-order valence-corrected chi connectivity index (χ0v) is 13.5. The molecule has 0 unspecified atom stereocenters. The van der Waals surface area contributed by atoms with E-state index >= 15 is 0 Å². The number of anilines is 1. The number of hydrogen-bond donors (Lipinski definition) is 2. The lowest BCUT2D eigenvalue weighted by Gasteiger charge is -2.15. The largest absolute Gasteiger partial charge is 0.365 e. The standard InChI is InChI=1S/C16H21F2N5/c1-10-4-5-12(14(20-10)21-11-6-7-19-8-11)13-9-23(3)15(22-13)16(2,17)18/h4-5,9,11,19H,6-8H2,1-3H3,(H,20,21)/t11-/m0/s1. The van der Waals surface area contributed by atoms with Crippen molar-refractivity contribution < 1.29 is 8.78 Å². The van der Waals surface area contributed by atoms with E-state index in [2.05, 4.69) is 20.6 Å². The Kier molecular flexibility index (Phi) is 4.06. The third-order valence-electron chi connectivity index (χ3n) is 3.98. The number of nitrogens with one attached hydrogen (secondary N) is 2. The quantitative estimate of drug-likeness (QED) is 0.909. The summed E-state index contributed by atoms with van der Waals surface area (Å²) in [5.74, 6) is -2.53. The third-order valence-corrected chi connectivity index (χ3v) is 3.98. The molecule has 0 saturated carbocycles. The molecule has 2 N–H and O–H groups in total. The number of rotatable bonds is 4. The van der Waals surface area contributed by atoms with Crippen LogP contribution in [0, 0.1) is 6.92 Å². The molecule has 1 aliphatic heterocycles. The molecule has 2 aromatic heterocycles. The van der Waals surface area contributed by atoms with Gasteiger partial charge in [0.2, 0.25) is 0 Å². The molecular weight excluding hydrogens is 300 g/mol. The molecule has 1 saturated heterocycles. The van der Waals surface area contributed by atoms with Crippen molar-refractivity contribution in [2.24, 2.45) is 7.05 Å². The van der Waals surface area contributed by atoms with Crippen molar-refractivity contribution in [1.29, 1.82) is 0 Å². The Labute approximate surface area is 134 Å². The number of imidazole rings is 1. The molecule has 2 aromatic rings. The van der Waals surface area contributed by atoms with Gasteiger partial charge in [-0.1, -0.05) is 0 Å². The molecule has 1 aliphatic rings. The van der Waals surface area contributed by atoms with Crippen LogP contribution in [0.25, 0.3) is 11.3 Å². The number of aromatic nitrogens is 3. The van der Waals surface area contributed by atoms with Gasteiger partial charge >= 0.3 is 5.92 Å². The van der Waals surface area contributed by atoms with Gasteiger partial charge in [-0.2, -0.15) is 8.78 Å². The molecular formula is C16H21F2N5. The van der Waals surface area contributed by atoms with Gasteiger partial charge in [-0.3, -0.25) is 0 Å². The Morgan fingerprint density at radius 1 is 1.35 bits per heavy atom. The molecule has 0 spiro atoms. The van der Waals surface area contributed by atoms with Gasteiger partial charge in [-0.05, 0) is 32.0 Å². The summed E-state index contributed by atoms with van der Waals surface area (Å²) in [5, 5.41) is 6.70. The summed E-state index contributed by atoms with van der Waals surface area (Å²) in [4.78, 5) is 8.67. The van der Waals surface area contributed by atoms with E-state index in [1.54, 1.807) is 13.2 Å². The van der Waals surface area contributed by atoms with Crippen molar-refractivity contribution in [2.75, 3.05) is 18.4 Å². The molecule has 23 heavy (non-hydrogen) atoms. The fourth-order valence-corrected chi connectivity index (χ4v) is 2.85. The maximum atomic E-state index is 13.6. The molecule has 3 heterocycles. The van der Waals surface area contributed by atoms with Gasteiger partial charge in [0.05, 0.1) is 5.69 Å². The monoisotopic (exact) mass is 321 g/mol. The second-order valence-corrected chi connectivity index (χ2v) is 6.13. The first kappa shape index (κ1) is 15.9. The topological polar surface area (TPSA) is 54.8 Å². The van der Waals surface area contributed by atoms with E-state index in [1.807, 2.05) is 19.1 Å². The summed E-state index contributed by atoms with van der Waals surface area (Å²) in [7, 11) is 1.58. The van der Waals surface area contributed by atoms with Crippen LogP contribution in [0.4, 0.5) is 14.6 Å². The fraction of sp³-hybridized carbons (Fsp3) is 0.500. The maximum Gasteiger partial charge on any atom is 0.302 e. The van der Waals surface area contributed by atoms with Crippen LogP contribution in [0.3, 0.4) is 0 Å². The molecule has 124 valence electrons. The van der Waals surface area contributed by atoms with Crippen LogP contribution in [0.2, 0.25) is 0 Å². The average molecular weight is 321 g/mol. The Balaban J connectivity index is 1.99. The van der Waals surface area contributed by atoms with Crippen LogP contribution in [-0.4, -0.2) is 33.7 Å². The molecule has 0 radical (unpaired) electrons. The van der Waals surface area contributed by atoms with Crippen LogP contribution < -0.4 is 10.6 Å². The fourth-order valence-electron chi connectivity index (χ4n) is 2.85. The zero-order chi connectivity index (χ0) is 16.6. The van der Waals surface area contributed by atoms with E-state index in [-0.39, 0.29) is 5.82 Å². The Morgan fingerprint density at radius 3 is 2.74 bits per heavy atom. The highest BCUT2D eigenvalue weighted by atomic mass is 19.3. The summed E-state index contributed by atoms with van der Waals surface area (Å²) < 4.78 is 28.6. The second kappa shape index (κ2) is 5.88. The van der Waals surface area contributed by atoms with Gasteiger partial charge in [-0.25, -0.2) is 9.97 Å². The predicted molar refractivity (Wildman–Crippen MR) is 85.6 cm³/mol. The molecule has 1 fully saturated rings. The van der Waals surface area contributed by atoms with Crippen LogP contribution in [0.15, 0.2) is 18.3 Å². The van der Waals surface area contributed by atoms with Crippen molar-refractivity contribution >= 4 is 5.82 Å². The lowest BCUT2D eigenvalue weighted by molar-refractivity contribution is 0.00509. The maximum absolute atomic E-state index is 13.6. The van der Waals surface area contributed by atoms with E-state index in [9.17, 15) is 8.78 Å². The average Bonchev–Trinajstić information content (AvgIpc) is 3.08. The lowest BCUT2D eigenvalue weighted by Crippen LogP contribution is -2.23. The van der Waals surface area contributed by atoms with Crippen LogP contribution in [-0.2, 0) is 13.0 Å². The lowest BCUT2D eigenvalue weighted by atomic mass is 10.1. The van der Waals surface area contributed by atoms with E-state index in [0.29, 0.717) is 17.6 Å². The summed E-state index contributed by atoms with van der Waals surface area (Å²) in [6.45, 7) is 4.60. The number of halogens is 2. The molecule has 0 aliphatic carbocycles. The van der Waals surface area contributed by atoms with Crippen LogP contribution in [0.5, 0.6) is 0 Å². The van der Waals surface area contributed by atoms with Crippen molar-refractivity contribution in [3.05, 3.63) is 29.8 Å². The minimum atomic E-state index is -2.98. The molecule has 0 amide bonds. The first-order valence-corrected chi connectivity index (χ1v) is 7.71. The van der Waals surface area contributed by atoms with Gasteiger partial charge in [0, 0.05) is 44.0 Å². The van der Waals surface area contributed by atoms with Crippen molar-refractivity contribution in [2.45, 2.75) is 32.2 Å². The molecule has 5 nitrogen and oxygen atoms in total. The summed E-state index contributed by atoms with van der Waals surface area (Å²) in [5.41, 5.74) is 2.12. The predicted octanol–water partition coefficient (Wildman–Crippen LogP) is 2.68. The minimum absolute atomic E-state index is 0.249. The molecule has 1 atom stereocenters. The first-order valence-electron chi connectivity index (χ1n) is 7.71. The van der Waals surface area contributed by atoms with Crippen molar-refractivity contribution in [3.63, 3.8) is 0 Å². The van der Waals surface area contributed by atoms with Crippen molar-refractivity contribution in [1.82, 2.24) is 19.9 Å². The van der Waals surface area contributed by atoms with Gasteiger partial charge in [0.1, 0.15) is 5.82 Å². The van der Waals surface area contributed by atoms with E-state index in [4.69, 9.17) is 0 Å². The Morgan fingerprint density at radius 2 is 2.13 bits per heavy atom. The van der Waals surface area contributed by atoms with E-state index in [1.165, 1.54) is 4.57 Å². The normalized spacial score (nSPS) is 18.4. The number of alkyl halides is 2. The van der Waals surface area contributed by atoms with Crippen LogP contribution >= 0.6 is 0 Å². The molecule has 0 aromatic carbocycles. The van der Waals surface area contributed by atoms with Gasteiger partial charge in [0.15, 0.2) is 5.82 Å². The highest BCUT2D eigenvalue weighted by molar-refractivity contribution is 5.72. The highest BCUT2D eigenvalue weighted by Crippen LogP contribution is 2.31. The van der Waals surface area contributed by atoms with Gasteiger partial charge in [0.25, 0.3) is 0 Å². The van der Waals surface area contributed by atoms with Gasteiger partial charge in [-0.15, -0.1) is 0 Å². The molecule has 7 heteroatoms. The second-order valence-electron chi connectivity index (χ2n) is 6.13. The Bertz CT molecular complexity index is 699. The molecule has 0 bridgehead atoms. The number of pyridine rings is 1. The van der Waals surface area contributed by atoms with E-state index < -0.39 is 5.92 Å². The Hall–Kier alpha value is -2.02. The molecule has 3 rings (SSSR count). The number of nitrogens with zero attached hydrogens (tertiary/aromatic N) is 3. The van der Waals surface area contributed by atoms with E-state index in [0.717, 1.165) is 37.7 Å². The number of aryl methyl sites for hydroxylation is 2. The number of hydrogen-bond acceptors (Lipinski definition) is 4. The summed E-state index contributed by atoms with van der Waals surface area (Å²) >= 11 is 0. The SMILES string of the molecule is Cc1ccc(-c2cn(C)c(C(C)(F)F)n2)c(N[C@H]2CCNC2)n1. The van der Waals surface area contributed by atoms with Crippen LogP contribution in [0.1, 0.15) is 24.9 Å². The summed E-state index contributed by atoms with van der Waals surface area (Å²) in [6, 6.07) is 4.04. The smallest absolute Gasteiger partial charge is 0.302 e.